The molecule has 0 aliphatic carbocycles. The molecule has 1 N–H and O–H groups in total. The minimum absolute atomic E-state index is 0.0571. The number of hydrazone groups is 1. The van der Waals surface area contributed by atoms with Crippen LogP contribution in [-0.4, -0.2) is 18.2 Å². The zero-order chi connectivity index (χ0) is 18.2. The van der Waals surface area contributed by atoms with Gasteiger partial charge in [0.05, 0.1) is 5.71 Å². The Labute approximate surface area is 149 Å². The van der Waals surface area contributed by atoms with Crippen molar-refractivity contribution in [3.8, 4) is 5.75 Å². The van der Waals surface area contributed by atoms with Gasteiger partial charge in [-0.05, 0) is 42.0 Å². The molecule has 0 saturated heterocycles. The predicted octanol–water partition coefficient (Wildman–Crippen LogP) is 4.43. The molecule has 25 heavy (non-hydrogen) atoms. The van der Waals surface area contributed by atoms with Crippen LogP contribution in [0.2, 0.25) is 0 Å². The van der Waals surface area contributed by atoms with Gasteiger partial charge >= 0.3 is 0 Å². The van der Waals surface area contributed by atoms with E-state index in [9.17, 15) is 4.79 Å². The molecule has 0 aliphatic heterocycles. The van der Waals surface area contributed by atoms with Gasteiger partial charge in [0.1, 0.15) is 5.75 Å². The first-order valence-corrected chi connectivity index (χ1v) is 8.65. The van der Waals surface area contributed by atoms with E-state index in [0.717, 1.165) is 34.6 Å². The lowest BCUT2D eigenvalue weighted by Crippen LogP contribution is -2.26. The van der Waals surface area contributed by atoms with E-state index in [1.54, 1.807) is 0 Å². The maximum absolute atomic E-state index is 12.1. The fraction of sp³-hybridized carbons (Fsp3) is 0.333. The van der Waals surface area contributed by atoms with Crippen LogP contribution in [0.25, 0.3) is 0 Å². The largest absolute Gasteiger partial charge is 0.483 e. The second kappa shape index (κ2) is 9.02. The number of ether oxygens (including phenoxy) is 1. The second-order valence-electron chi connectivity index (χ2n) is 6.30. The van der Waals surface area contributed by atoms with Gasteiger partial charge in [-0.1, -0.05) is 63.2 Å². The van der Waals surface area contributed by atoms with Crippen molar-refractivity contribution >= 4 is 11.6 Å². The number of benzene rings is 2. The summed E-state index contributed by atoms with van der Waals surface area (Å²) in [5.74, 6) is 0.826. The normalized spacial score (nSPS) is 11.5. The summed E-state index contributed by atoms with van der Waals surface area (Å²) >= 11 is 0. The third-order valence-corrected chi connectivity index (χ3v) is 3.91. The smallest absolute Gasteiger partial charge is 0.277 e. The molecule has 0 aliphatic rings. The zero-order valence-electron chi connectivity index (χ0n) is 15.4. The first kappa shape index (κ1) is 18.7. The standard InChI is InChI=1S/C21H26N2O2/c1-5-19(17-9-7-6-8-10-17)22-23-21(24)14-25-20-13-16(4)11-12-18(20)15(2)3/h6-13,15H,5,14H2,1-4H3,(H,23,24). The molecule has 0 radical (unpaired) electrons. The molecule has 4 nitrogen and oxygen atoms in total. The van der Waals surface area contributed by atoms with Crippen molar-refractivity contribution in [2.45, 2.75) is 40.0 Å². The van der Waals surface area contributed by atoms with E-state index in [2.05, 4.69) is 36.5 Å². The average Bonchev–Trinajstić information content (AvgIpc) is 2.61. The van der Waals surface area contributed by atoms with Crippen LogP contribution in [0.1, 0.15) is 49.8 Å². The van der Waals surface area contributed by atoms with Crippen LogP contribution in [0.5, 0.6) is 5.75 Å². The topological polar surface area (TPSA) is 50.7 Å². The van der Waals surface area contributed by atoms with Crippen LogP contribution in [0.15, 0.2) is 53.6 Å². The Bertz CT molecular complexity index is 737. The van der Waals surface area contributed by atoms with Gasteiger partial charge in [0.15, 0.2) is 6.61 Å². The van der Waals surface area contributed by atoms with Crippen molar-refractivity contribution in [1.29, 1.82) is 0 Å². The molecule has 0 fully saturated rings. The van der Waals surface area contributed by atoms with Crippen molar-refractivity contribution in [3.05, 3.63) is 65.2 Å². The summed E-state index contributed by atoms with van der Waals surface area (Å²) in [7, 11) is 0. The third kappa shape index (κ3) is 5.45. The second-order valence-corrected chi connectivity index (χ2v) is 6.30. The van der Waals surface area contributed by atoms with Crippen LogP contribution in [0, 0.1) is 6.92 Å². The zero-order valence-corrected chi connectivity index (χ0v) is 15.4. The maximum Gasteiger partial charge on any atom is 0.277 e. The monoisotopic (exact) mass is 338 g/mol. The quantitative estimate of drug-likeness (QED) is 0.600. The first-order valence-electron chi connectivity index (χ1n) is 8.65. The number of rotatable bonds is 7. The summed E-state index contributed by atoms with van der Waals surface area (Å²) in [6, 6.07) is 15.9. The van der Waals surface area contributed by atoms with E-state index in [1.165, 1.54) is 0 Å². The Kier molecular flexibility index (Phi) is 6.75. The Morgan fingerprint density at radius 3 is 2.52 bits per heavy atom. The molecule has 0 atom stereocenters. The predicted molar refractivity (Wildman–Crippen MR) is 102 cm³/mol. The van der Waals surface area contributed by atoms with E-state index < -0.39 is 0 Å². The lowest BCUT2D eigenvalue weighted by Gasteiger charge is -2.14. The number of amides is 1. The van der Waals surface area contributed by atoms with Crippen LogP contribution in [0.3, 0.4) is 0 Å². The van der Waals surface area contributed by atoms with Crippen LogP contribution >= 0.6 is 0 Å². The van der Waals surface area contributed by atoms with E-state index in [0.29, 0.717) is 5.92 Å². The van der Waals surface area contributed by atoms with Gasteiger partial charge in [0.25, 0.3) is 5.91 Å². The van der Waals surface area contributed by atoms with Crippen molar-refractivity contribution < 1.29 is 9.53 Å². The number of nitrogens with zero attached hydrogens (tertiary/aromatic N) is 1. The van der Waals surface area contributed by atoms with E-state index >= 15 is 0 Å². The van der Waals surface area contributed by atoms with Crippen molar-refractivity contribution in [1.82, 2.24) is 5.43 Å². The van der Waals surface area contributed by atoms with Gasteiger partial charge in [-0.15, -0.1) is 0 Å². The maximum atomic E-state index is 12.1. The Morgan fingerprint density at radius 1 is 1.16 bits per heavy atom. The highest BCUT2D eigenvalue weighted by molar-refractivity contribution is 6.00. The molecule has 2 rings (SSSR count). The summed E-state index contributed by atoms with van der Waals surface area (Å²) in [6.07, 6.45) is 0.737. The van der Waals surface area contributed by atoms with Crippen molar-refractivity contribution in [2.75, 3.05) is 6.61 Å². The van der Waals surface area contributed by atoms with Gasteiger partial charge in [-0.25, -0.2) is 5.43 Å². The van der Waals surface area contributed by atoms with Gasteiger partial charge in [-0.3, -0.25) is 4.79 Å². The number of nitrogens with one attached hydrogen (secondary N) is 1. The van der Waals surface area contributed by atoms with Crippen molar-refractivity contribution in [2.24, 2.45) is 5.10 Å². The van der Waals surface area contributed by atoms with Crippen LogP contribution < -0.4 is 10.2 Å². The third-order valence-electron chi connectivity index (χ3n) is 3.91. The average molecular weight is 338 g/mol. The Balaban J connectivity index is 1.99. The molecule has 0 heterocycles. The fourth-order valence-electron chi connectivity index (χ4n) is 2.53. The highest BCUT2D eigenvalue weighted by Gasteiger charge is 2.10. The van der Waals surface area contributed by atoms with Crippen LogP contribution in [0.4, 0.5) is 0 Å². The highest BCUT2D eigenvalue weighted by Crippen LogP contribution is 2.27. The minimum atomic E-state index is -0.266. The summed E-state index contributed by atoms with van der Waals surface area (Å²) < 4.78 is 5.73. The molecule has 2 aromatic rings. The van der Waals surface area contributed by atoms with Crippen LogP contribution in [-0.2, 0) is 4.79 Å². The first-order chi connectivity index (χ1) is 12.0. The molecule has 0 saturated carbocycles. The summed E-state index contributed by atoms with van der Waals surface area (Å²) in [5.41, 5.74) is 6.64. The van der Waals surface area contributed by atoms with Gasteiger partial charge in [0.2, 0.25) is 0 Å². The molecule has 4 heteroatoms. The summed E-state index contributed by atoms with van der Waals surface area (Å²) in [5, 5.41) is 4.24. The Hall–Kier alpha value is -2.62. The lowest BCUT2D eigenvalue weighted by molar-refractivity contribution is -0.123. The lowest BCUT2D eigenvalue weighted by atomic mass is 10.0. The number of aryl methyl sites for hydroxylation is 1. The number of carbonyl (C=O) groups excluding carboxylic acids is 1. The summed E-state index contributed by atoms with van der Waals surface area (Å²) in [4.78, 5) is 12.1. The molecule has 0 spiro atoms. The SMILES string of the molecule is CCC(=NNC(=O)COc1cc(C)ccc1C(C)C)c1ccccc1. The molecular formula is C21H26N2O2. The van der Waals surface area contributed by atoms with Crippen molar-refractivity contribution in [3.63, 3.8) is 0 Å². The molecular weight excluding hydrogens is 312 g/mol. The number of carbonyl (C=O) groups is 1. The molecule has 1 amide bonds. The molecule has 132 valence electrons. The van der Waals surface area contributed by atoms with E-state index in [4.69, 9.17) is 4.74 Å². The minimum Gasteiger partial charge on any atom is -0.483 e. The molecule has 0 bridgehead atoms. The molecule has 0 aromatic heterocycles. The highest BCUT2D eigenvalue weighted by atomic mass is 16.5. The van der Waals surface area contributed by atoms with E-state index in [-0.39, 0.29) is 12.5 Å². The van der Waals surface area contributed by atoms with Gasteiger partial charge in [-0.2, -0.15) is 5.10 Å². The van der Waals surface area contributed by atoms with E-state index in [1.807, 2.05) is 50.2 Å². The van der Waals surface area contributed by atoms with Gasteiger partial charge < -0.3 is 4.74 Å². The number of hydrogen-bond acceptors (Lipinski definition) is 3. The Morgan fingerprint density at radius 2 is 1.88 bits per heavy atom. The summed E-state index contributed by atoms with van der Waals surface area (Å²) in [6.45, 7) is 8.17. The number of hydrogen-bond donors (Lipinski definition) is 1. The molecule has 0 unspecified atom stereocenters. The fourth-order valence-corrected chi connectivity index (χ4v) is 2.53. The molecule has 2 aromatic carbocycles. The van der Waals surface area contributed by atoms with Gasteiger partial charge in [0, 0.05) is 0 Å².